The Morgan fingerprint density at radius 2 is 2.06 bits per heavy atom. The molecule has 2 N–H and O–H groups in total. The molecule has 1 atom stereocenters. The highest BCUT2D eigenvalue weighted by atomic mass is 32.1. The third kappa shape index (κ3) is 2.87. The van der Waals surface area contributed by atoms with E-state index in [9.17, 15) is 4.79 Å². The first-order valence-electron chi connectivity index (χ1n) is 5.58. The zero-order valence-electron chi connectivity index (χ0n) is 10.2. The third-order valence-electron chi connectivity index (χ3n) is 2.64. The number of aromatic nitrogens is 1. The smallest absolute Gasteiger partial charge is 0.355 e. The lowest BCUT2D eigenvalue weighted by atomic mass is 10.1. The standard InChI is InChI=1S/C13H14N2O2S/c1-8-3-5-10(6-4-8)9(2)14-13-15-11(7-18-13)12(16)17/h3-7,9H,1-2H3,(H,14,15)(H,16,17). The predicted octanol–water partition coefficient (Wildman–Crippen LogP) is 3.32. The Morgan fingerprint density at radius 3 is 2.61 bits per heavy atom. The molecule has 2 aromatic rings. The van der Waals surface area contributed by atoms with Crippen LogP contribution in [-0.2, 0) is 0 Å². The fourth-order valence-electron chi connectivity index (χ4n) is 1.56. The Labute approximate surface area is 109 Å². The van der Waals surface area contributed by atoms with Crippen molar-refractivity contribution in [3.05, 3.63) is 46.5 Å². The molecule has 1 aromatic carbocycles. The lowest BCUT2D eigenvalue weighted by Gasteiger charge is -2.13. The normalized spacial score (nSPS) is 12.1. The van der Waals surface area contributed by atoms with Crippen molar-refractivity contribution in [2.45, 2.75) is 19.9 Å². The van der Waals surface area contributed by atoms with Gasteiger partial charge in [-0.15, -0.1) is 11.3 Å². The quantitative estimate of drug-likeness (QED) is 0.887. The average Bonchev–Trinajstić information content (AvgIpc) is 2.78. The second kappa shape index (κ2) is 5.18. The van der Waals surface area contributed by atoms with Gasteiger partial charge in [0.05, 0.1) is 6.04 Å². The van der Waals surface area contributed by atoms with Crippen LogP contribution in [0.2, 0.25) is 0 Å². The highest BCUT2D eigenvalue weighted by molar-refractivity contribution is 7.13. The van der Waals surface area contributed by atoms with Crippen LogP contribution in [0.1, 0.15) is 34.6 Å². The van der Waals surface area contributed by atoms with Crippen molar-refractivity contribution in [2.24, 2.45) is 0 Å². The third-order valence-corrected chi connectivity index (χ3v) is 3.41. The Morgan fingerprint density at radius 1 is 1.39 bits per heavy atom. The number of carboxylic acids is 1. The summed E-state index contributed by atoms with van der Waals surface area (Å²) in [6, 6.07) is 8.31. The first kappa shape index (κ1) is 12.6. The van der Waals surface area contributed by atoms with E-state index in [1.165, 1.54) is 22.3 Å². The molecule has 5 heteroatoms. The number of hydrogen-bond donors (Lipinski definition) is 2. The van der Waals surface area contributed by atoms with Gasteiger partial charge in [-0.25, -0.2) is 9.78 Å². The summed E-state index contributed by atoms with van der Waals surface area (Å²) >= 11 is 1.30. The van der Waals surface area contributed by atoms with Gasteiger partial charge in [0.15, 0.2) is 10.8 Å². The number of nitrogens with zero attached hydrogens (tertiary/aromatic N) is 1. The van der Waals surface area contributed by atoms with Gasteiger partial charge in [0, 0.05) is 5.38 Å². The number of thiazole rings is 1. The molecule has 94 valence electrons. The van der Waals surface area contributed by atoms with Crippen molar-refractivity contribution in [1.82, 2.24) is 4.98 Å². The van der Waals surface area contributed by atoms with E-state index in [0.717, 1.165) is 5.56 Å². The molecule has 0 aliphatic carbocycles. The van der Waals surface area contributed by atoms with Crippen molar-refractivity contribution in [3.8, 4) is 0 Å². The molecule has 4 nitrogen and oxygen atoms in total. The van der Waals surface area contributed by atoms with Gasteiger partial charge in [-0.2, -0.15) is 0 Å². The number of aromatic carboxylic acids is 1. The fraction of sp³-hybridized carbons (Fsp3) is 0.231. The summed E-state index contributed by atoms with van der Waals surface area (Å²) < 4.78 is 0. The SMILES string of the molecule is Cc1ccc(C(C)Nc2nc(C(=O)O)cs2)cc1. The molecular formula is C13H14N2O2S. The summed E-state index contributed by atoms with van der Waals surface area (Å²) in [4.78, 5) is 14.7. The fourth-order valence-corrected chi connectivity index (χ4v) is 2.33. The zero-order valence-corrected chi connectivity index (χ0v) is 11.0. The van der Waals surface area contributed by atoms with Gasteiger partial charge >= 0.3 is 5.97 Å². The largest absolute Gasteiger partial charge is 0.476 e. The maximum absolute atomic E-state index is 10.7. The van der Waals surface area contributed by atoms with Gasteiger partial charge in [-0.1, -0.05) is 29.8 Å². The minimum absolute atomic E-state index is 0.0820. The minimum atomic E-state index is -0.998. The van der Waals surface area contributed by atoms with Crippen molar-refractivity contribution in [1.29, 1.82) is 0 Å². The molecule has 0 saturated carbocycles. The van der Waals surface area contributed by atoms with Crippen LogP contribution < -0.4 is 5.32 Å². The highest BCUT2D eigenvalue weighted by Crippen LogP contribution is 2.22. The van der Waals surface area contributed by atoms with Crippen LogP contribution in [0.25, 0.3) is 0 Å². The zero-order chi connectivity index (χ0) is 13.1. The summed E-state index contributed by atoms with van der Waals surface area (Å²) in [6.45, 7) is 4.06. The summed E-state index contributed by atoms with van der Waals surface area (Å²) in [6.07, 6.45) is 0. The van der Waals surface area contributed by atoms with Crippen LogP contribution in [0, 0.1) is 6.92 Å². The van der Waals surface area contributed by atoms with E-state index < -0.39 is 5.97 Å². The van der Waals surface area contributed by atoms with Crippen molar-refractivity contribution >= 4 is 22.4 Å². The van der Waals surface area contributed by atoms with Gasteiger partial charge < -0.3 is 10.4 Å². The first-order chi connectivity index (χ1) is 8.56. The van der Waals surface area contributed by atoms with Crippen LogP contribution in [-0.4, -0.2) is 16.1 Å². The van der Waals surface area contributed by atoms with E-state index in [4.69, 9.17) is 5.11 Å². The Balaban J connectivity index is 2.08. The van der Waals surface area contributed by atoms with Crippen molar-refractivity contribution < 1.29 is 9.90 Å². The number of benzene rings is 1. The lowest BCUT2D eigenvalue weighted by molar-refractivity contribution is 0.0691. The van der Waals surface area contributed by atoms with E-state index in [2.05, 4.69) is 34.6 Å². The molecule has 0 amide bonds. The van der Waals surface area contributed by atoms with Crippen LogP contribution in [0.3, 0.4) is 0 Å². The molecule has 0 aliphatic heterocycles. The summed E-state index contributed by atoms with van der Waals surface area (Å²) in [5, 5.41) is 14.2. The number of carboxylic acid groups (broad SMARTS) is 1. The molecule has 0 saturated heterocycles. The second-order valence-corrected chi connectivity index (χ2v) is 4.98. The molecule has 0 spiro atoms. The molecule has 2 rings (SSSR count). The molecule has 0 aliphatic rings. The number of rotatable bonds is 4. The molecule has 18 heavy (non-hydrogen) atoms. The van der Waals surface area contributed by atoms with Crippen LogP contribution in [0.4, 0.5) is 5.13 Å². The van der Waals surface area contributed by atoms with Crippen LogP contribution in [0.5, 0.6) is 0 Å². The van der Waals surface area contributed by atoms with Gasteiger partial charge in [0.1, 0.15) is 0 Å². The summed E-state index contributed by atoms with van der Waals surface area (Å²) in [7, 11) is 0. The number of nitrogens with one attached hydrogen (secondary N) is 1. The maximum atomic E-state index is 10.7. The highest BCUT2D eigenvalue weighted by Gasteiger charge is 2.11. The molecule has 0 fully saturated rings. The van der Waals surface area contributed by atoms with Gasteiger partial charge in [0.25, 0.3) is 0 Å². The van der Waals surface area contributed by atoms with E-state index >= 15 is 0 Å². The summed E-state index contributed by atoms with van der Waals surface area (Å²) in [5.41, 5.74) is 2.44. The van der Waals surface area contributed by atoms with E-state index in [-0.39, 0.29) is 11.7 Å². The predicted molar refractivity (Wildman–Crippen MR) is 72.3 cm³/mol. The molecule has 1 unspecified atom stereocenters. The maximum Gasteiger partial charge on any atom is 0.355 e. The number of anilines is 1. The molecule has 0 bridgehead atoms. The van der Waals surface area contributed by atoms with Crippen LogP contribution in [0.15, 0.2) is 29.6 Å². The number of hydrogen-bond acceptors (Lipinski definition) is 4. The Kier molecular flexibility index (Phi) is 3.62. The number of aryl methyl sites for hydroxylation is 1. The monoisotopic (exact) mass is 262 g/mol. The molecule has 1 aromatic heterocycles. The van der Waals surface area contributed by atoms with E-state index in [0.29, 0.717) is 5.13 Å². The van der Waals surface area contributed by atoms with Crippen molar-refractivity contribution in [3.63, 3.8) is 0 Å². The Hall–Kier alpha value is -1.88. The van der Waals surface area contributed by atoms with Gasteiger partial charge in [-0.3, -0.25) is 0 Å². The molecule has 0 radical (unpaired) electrons. The van der Waals surface area contributed by atoms with E-state index in [1.54, 1.807) is 0 Å². The number of carbonyl (C=O) groups is 1. The lowest BCUT2D eigenvalue weighted by Crippen LogP contribution is -2.06. The van der Waals surface area contributed by atoms with Crippen LogP contribution >= 0.6 is 11.3 Å². The van der Waals surface area contributed by atoms with Gasteiger partial charge in [0.2, 0.25) is 0 Å². The molecule has 1 heterocycles. The topological polar surface area (TPSA) is 62.2 Å². The van der Waals surface area contributed by atoms with E-state index in [1.807, 2.05) is 13.8 Å². The second-order valence-electron chi connectivity index (χ2n) is 4.12. The van der Waals surface area contributed by atoms with Crippen molar-refractivity contribution in [2.75, 3.05) is 5.32 Å². The van der Waals surface area contributed by atoms with Gasteiger partial charge in [-0.05, 0) is 19.4 Å². The Bertz CT molecular complexity index is 548. The summed E-state index contributed by atoms with van der Waals surface area (Å²) in [5.74, 6) is -0.998. The first-order valence-corrected chi connectivity index (χ1v) is 6.46. The molecular weight excluding hydrogens is 248 g/mol. The average molecular weight is 262 g/mol. The minimum Gasteiger partial charge on any atom is -0.476 e.